The van der Waals surface area contributed by atoms with E-state index in [9.17, 15) is 0 Å². The average Bonchev–Trinajstić information content (AvgIpc) is 2.86. The quantitative estimate of drug-likeness (QED) is 0.587. The Morgan fingerprint density at radius 1 is 1.12 bits per heavy atom. The van der Waals surface area contributed by atoms with E-state index in [0.29, 0.717) is 0 Å². The van der Waals surface area contributed by atoms with Crippen molar-refractivity contribution >= 4 is 0 Å². The molecule has 102 valence electrons. The Kier molecular flexibility index (Phi) is 8.61. The molecule has 1 saturated carbocycles. The van der Waals surface area contributed by atoms with Crippen molar-refractivity contribution in [3.8, 4) is 0 Å². The van der Waals surface area contributed by atoms with E-state index in [1.54, 1.807) is 7.11 Å². The van der Waals surface area contributed by atoms with E-state index < -0.39 is 0 Å². The fraction of sp³-hybridized carbons (Fsp3) is 1.00. The highest BCUT2D eigenvalue weighted by Gasteiger charge is 2.21. The summed E-state index contributed by atoms with van der Waals surface area (Å²) in [5, 5.41) is 0. The van der Waals surface area contributed by atoms with Crippen LogP contribution in [0.4, 0.5) is 0 Å². The summed E-state index contributed by atoms with van der Waals surface area (Å²) in [5.41, 5.74) is 5.67. The molecular weight excluding hydrogens is 216 g/mol. The zero-order valence-corrected chi connectivity index (χ0v) is 11.2. The molecule has 1 aliphatic carbocycles. The lowest BCUT2D eigenvalue weighted by Crippen LogP contribution is -2.39. The van der Waals surface area contributed by atoms with Gasteiger partial charge in [0.25, 0.3) is 0 Å². The van der Waals surface area contributed by atoms with E-state index in [-0.39, 0.29) is 0 Å². The molecule has 0 atom stereocenters. The van der Waals surface area contributed by atoms with Gasteiger partial charge in [0.05, 0.1) is 6.61 Å². The van der Waals surface area contributed by atoms with Gasteiger partial charge in [-0.15, -0.1) is 0 Å². The topological polar surface area (TPSA) is 47.7 Å². The first-order valence-electron chi connectivity index (χ1n) is 6.89. The maximum absolute atomic E-state index is 5.67. The molecule has 17 heavy (non-hydrogen) atoms. The minimum absolute atomic E-state index is 0.750. The van der Waals surface area contributed by atoms with E-state index in [0.717, 1.165) is 51.9 Å². The SMILES string of the molecule is COCCCOCCN(CCN)C1CCCC1. The zero-order valence-electron chi connectivity index (χ0n) is 11.2. The summed E-state index contributed by atoms with van der Waals surface area (Å²) in [6.07, 6.45) is 6.41. The number of ether oxygens (including phenoxy) is 2. The molecule has 0 aromatic carbocycles. The molecule has 0 bridgehead atoms. The predicted molar refractivity (Wildman–Crippen MR) is 70.2 cm³/mol. The zero-order chi connectivity index (χ0) is 12.3. The third-order valence-electron chi connectivity index (χ3n) is 3.42. The molecule has 1 fully saturated rings. The summed E-state index contributed by atoms with van der Waals surface area (Å²) >= 11 is 0. The lowest BCUT2D eigenvalue weighted by Gasteiger charge is -2.28. The van der Waals surface area contributed by atoms with Crippen LogP contribution >= 0.6 is 0 Å². The van der Waals surface area contributed by atoms with Crippen LogP contribution in [0.1, 0.15) is 32.1 Å². The van der Waals surface area contributed by atoms with Gasteiger partial charge < -0.3 is 15.2 Å². The second-order valence-corrected chi connectivity index (χ2v) is 4.72. The molecular formula is C13H28N2O2. The van der Waals surface area contributed by atoms with Crippen LogP contribution in [-0.2, 0) is 9.47 Å². The third kappa shape index (κ3) is 6.36. The molecule has 1 rings (SSSR count). The molecule has 0 amide bonds. The van der Waals surface area contributed by atoms with Gasteiger partial charge in [-0.25, -0.2) is 0 Å². The monoisotopic (exact) mass is 244 g/mol. The first-order chi connectivity index (χ1) is 8.38. The van der Waals surface area contributed by atoms with E-state index in [2.05, 4.69) is 4.90 Å². The molecule has 0 unspecified atom stereocenters. The second-order valence-electron chi connectivity index (χ2n) is 4.72. The summed E-state index contributed by atoms with van der Waals surface area (Å²) in [5.74, 6) is 0. The average molecular weight is 244 g/mol. The number of methoxy groups -OCH3 is 1. The highest BCUT2D eigenvalue weighted by atomic mass is 16.5. The normalized spacial score (nSPS) is 17.1. The van der Waals surface area contributed by atoms with Gasteiger partial charge in [0.2, 0.25) is 0 Å². The first kappa shape index (κ1) is 14.9. The number of hydrogen-bond donors (Lipinski definition) is 1. The van der Waals surface area contributed by atoms with Gasteiger partial charge in [0.1, 0.15) is 0 Å². The summed E-state index contributed by atoms with van der Waals surface area (Å²) < 4.78 is 10.6. The van der Waals surface area contributed by atoms with Gasteiger partial charge in [-0.3, -0.25) is 4.90 Å². The first-order valence-corrected chi connectivity index (χ1v) is 6.89. The summed E-state index contributed by atoms with van der Waals surface area (Å²) in [7, 11) is 1.73. The van der Waals surface area contributed by atoms with Gasteiger partial charge >= 0.3 is 0 Å². The molecule has 4 nitrogen and oxygen atoms in total. The lowest BCUT2D eigenvalue weighted by molar-refractivity contribution is 0.0735. The van der Waals surface area contributed by atoms with Crippen molar-refractivity contribution in [2.45, 2.75) is 38.1 Å². The van der Waals surface area contributed by atoms with Crippen LogP contribution in [0.3, 0.4) is 0 Å². The van der Waals surface area contributed by atoms with Gasteiger partial charge in [0, 0.05) is 46.0 Å². The highest BCUT2D eigenvalue weighted by molar-refractivity contribution is 4.77. The summed E-state index contributed by atoms with van der Waals surface area (Å²) in [4.78, 5) is 2.50. The van der Waals surface area contributed by atoms with Crippen LogP contribution < -0.4 is 5.73 Å². The Morgan fingerprint density at radius 2 is 1.88 bits per heavy atom. The van der Waals surface area contributed by atoms with E-state index >= 15 is 0 Å². The Labute approximate surface area is 105 Å². The highest BCUT2D eigenvalue weighted by Crippen LogP contribution is 2.22. The van der Waals surface area contributed by atoms with E-state index in [1.807, 2.05) is 0 Å². The molecule has 0 heterocycles. The van der Waals surface area contributed by atoms with E-state index in [4.69, 9.17) is 15.2 Å². The third-order valence-corrected chi connectivity index (χ3v) is 3.42. The van der Waals surface area contributed by atoms with Crippen molar-refractivity contribution in [3.05, 3.63) is 0 Å². The second kappa shape index (κ2) is 9.83. The van der Waals surface area contributed by atoms with Crippen molar-refractivity contribution < 1.29 is 9.47 Å². The maximum Gasteiger partial charge on any atom is 0.0593 e. The van der Waals surface area contributed by atoms with Crippen molar-refractivity contribution in [1.82, 2.24) is 4.90 Å². The lowest BCUT2D eigenvalue weighted by atomic mass is 10.2. The number of hydrogen-bond acceptors (Lipinski definition) is 4. The van der Waals surface area contributed by atoms with Gasteiger partial charge in [-0.1, -0.05) is 12.8 Å². The molecule has 0 spiro atoms. The number of nitrogens with two attached hydrogens (primary N) is 1. The Morgan fingerprint density at radius 3 is 2.53 bits per heavy atom. The Bertz CT molecular complexity index is 173. The standard InChI is InChI=1S/C13H28N2O2/c1-16-10-4-11-17-12-9-15(8-7-14)13-5-2-3-6-13/h13H,2-12,14H2,1H3. The van der Waals surface area contributed by atoms with Crippen LogP contribution in [0.5, 0.6) is 0 Å². The molecule has 0 aliphatic heterocycles. The minimum atomic E-state index is 0.750. The van der Waals surface area contributed by atoms with Crippen LogP contribution in [-0.4, -0.2) is 57.5 Å². The smallest absolute Gasteiger partial charge is 0.0593 e. The molecule has 2 N–H and O–H groups in total. The Balaban J connectivity index is 2.07. The van der Waals surface area contributed by atoms with Crippen LogP contribution in [0.15, 0.2) is 0 Å². The fourth-order valence-electron chi connectivity index (χ4n) is 2.50. The van der Waals surface area contributed by atoms with Crippen molar-refractivity contribution in [1.29, 1.82) is 0 Å². The van der Waals surface area contributed by atoms with Crippen molar-refractivity contribution in [3.63, 3.8) is 0 Å². The molecule has 4 heteroatoms. The number of rotatable bonds is 10. The molecule has 0 radical (unpaired) electrons. The minimum Gasteiger partial charge on any atom is -0.385 e. The molecule has 0 saturated heterocycles. The molecule has 0 aromatic rings. The van der Waals surface area contributed by atoms with Gasteiger partial charge in [-0.05, 0) is 19.3 Å². The summed E-state index contributed by atoms with van der Waals surface area (Å²) in [6, 6.07) is 0.751. The largest absolute Gasteiger partial charge is 0.385 e. The molecule has 0 aromatic heterocycles. The van der Waals surface area contributed by atoms with E-state index in [1.165, 1.54) is 25.7 Å². The predicted octanol–water partition coefficient (Wildman–Crippen LogP) is 1.24. The molecule has 1 aliphatic rings. The Hall–Kier alpha value is -0.160. The maximum atomic E-state index is 5.67. The van der Waals surface area contributed by atoms with Crippen molar-refractivity contribution in [2.75, 3.05) is 46.6 Å². The summed E-state index contributed by atoms with van der Waals surface area (Å²) in [6.45, 7) is 5.19. The number of nitrogens with zero attached hydrogens (tertiary/aromatic N) is 1. The van der Waals surface area contributed by atoms with Gasteiger partial charge in [0.15, 0.2) is 0 Å². The van der Waals surface area contributed by atoms with Gasteiger partial charge in [-0.2, -0.15) is 0 Å². The van der Waals surface area contributed by atoms with Crippen LogP contribution in [0.2, 0.25) is 0 Å². The van der Waals surface area contributed by atoms with Crippen molar-refractivity contribution in [2.24, 2.45) is 5.73 Å². The van der Waals surface area contributed by atoms with Crippen LogP contribution in [0, 0.1) is 0 Å². The fourth-order valence-corrected chi connectivity index (χ4v) is 2.50. The van der Waals surface area contributed by atoms with Crippen LogP contribution in [0.25, 0.3) is 0 Å².